The number of fused-ring (bicyclic) bond motifs is 1. The number of nitrogens with zero attached hydrogens (tertiary/aromatic N) is 3. The van der Waals surface area contributed by atoms with Crippen molar-refractivity contribution in [1.29, 1.82) is 0 Å². The second-order valence-corrected chi connectivity index (χ2v) is 7.60. The summed E-state index contributed by atoms with van der Waals surface area (Å²) in [6.07, 6.45) is 2.65. The van der Waals surface area contributed by atoms with Gasteiger partial charge in [-0.15, -0.1) is 0 Å². The number of carbonyl (C=O) groups is 2. The number of non-ortho nitro benzene ring substituents is 1. The van der Waals surface area contributed by atoms with Crippen LogP contribution in [0.2, 0.25) is 0 Å². The highest BCUT2D eigenvalue weighted by Gasteiger charge is 2.15. The predicted octanol–water partition coefficient (Wildman–Crippen LogP) is 3.33. The number of nitro groups is 1. The van der Waals surface area contributed by atoms with Crippen LogP contribution in [0.15, 0.2) is 47.5 Å². The van der Waals surface area contributed by atoms with Gasteiger partial charge in [-0.25, -0.2) is 0 Å². The third kappa shape index (κ3) is 5.63. The van der Waals surface area contributed by atoms with Crippen LogP contribution in [0.25, 0.3) is 16.3 Å². The van der Waals surface area contributed by atoms with E-state index in [4.69, 9.17) is 14.2 Å². The Morgan fingerprint density at radius 2 is 1.91 bits per heavy atom. The maximum Gasteiger partial charge on any atom is 0.326 e. The molecule has 3 aromatic rings. The molecular weight excluding hydrogens is 450 g/mol. The fourth-order valence-electron chi connectivity index (χ4n) is 3.01. The topological polar surface area (TPSA) is 122 Å². The highest BCUT2D eigenvalue weighted by Crippen LogP contribution is 2.33. The smallest absolute Gasteiger partial charge is 0.326 e. The molecule has 0 aliphatic rings. The predicted molar refractivity (Wildman–Crippen MR) is 122 cm³/mol. The van der Waals surface area contributed by atoms with Gasteiger partial charge in [-0.3, -0.25) is 19.7 Å². The largest absolute Gasteiger partial charge is 0.493 e. The van der Waals surface area contributed by atoms with E-state index in [-0.39, 0.29) is 23.6 Å². The quantitative estimate of drug-likeness (QED) is 0.214. The Bertz CT molecular complexity index is 1310. The standard InChI is InChI=1S/C22H21N3O7S/c1-4-32-21(27)13-24-16-11-17(30-2)18(31-3)12-19(16)33-22(24)23-20(26)9-8-14-6-5-7-15(10-14)25(28)29/h5-12H,4,13H2,1-3H3/b9-8+,23-22?. The lowest BCUT2D eigenvalue weighted by atomic mass is 10.2. The molecule has 3 rings (SSSR count). The first-order valence-corrected chi connectivity index (χ1v) is 10.6. The molecule has 1 amide bonds. The second-order valence-electron chi connectivity index (χ2n) is 6.59. The summed E-state index contributed by atoms with van der Waals surface area (Å²) in [6, 6.07) is 9.31. The molecule has 0 aliphatic carbocycles. The van der Waals surface area contributed by atoms with Crippen molar-refractivity contribution in [3.05, 3.63) is 63.0 Å². The van der Waals surface area contributed by atoms with E-state index in [9.17, 15) is 19.7 Å². The molecule has 0 fully saturated rings. The molecule has 1 heterocycles. The fraction of sp³-hybridized carbons (Fsp3) is 0.227. The summed E-state index contributed by atoms with van der Waals surface area (Å²) >= 11 is 1.20. The Morgan fingerprint density at radius 1 is 1.18 bits per heavy atom. The maximum atomic E-state index is 12.5. The van der Waals surface area contributed by atoms with E-state index in [1.54, 1.807) is 29.7 Å². The van der Waals surface area contributed by atoms with Crippen molar-refractivity contribution in [2.45, 2.75) is 13.5 Å². The Balaban J connectivity index is 2.03. The number of carbonyl (C=O) groups excluding carboxylic acids is 2. The number of benzene rings is 2. The van der Waals surface area contributed by atoms with E-state index in [0.29, 0.717) is 22.6 Å². The molecule has 0 spiro atoms. The van der Waals surface area contributed by atoms with Crippen LogP contribution in [-0.2, 0) is 20.9 Å². The molecule has 0 saturated heterocycles. The molecule has 0 saturated carbocycles. The number of methoxy groups -OCH3 is 2. The fourth-order valence-corrected chi connectivity index (χ4v) is 4.06. The molecule has 33 heavy (non-hydrogen) atoms. The number of nitro benzene ring substituents is 1. The van der Waals surface area contributed by atoms with Crippen LogP contribution >= 0.6 is 11.3 Å². The lowest BCUT2D eigenvalue weighted by Gasteiger charge is -2.09. The average Bonchev–Trinajstić information content (AvgIpc) is 3.12. The molecule has 0 radical (unpaired) electrons. The monoisotopic (exact) mass is 471 g/mol. The highest BCUT2D eigenvalue weighted by molar-refractivity contribution is 7.16. The van der Waals surface area contributed by atoms with Gasteiger partial charge in [0.15, 0.2) is 16.3 Å². The van der Waals surface area contributed by atoms with Gasteiger partial charge < -0.3 is 18.8 Å². The minimum Gasteiger partial charge on any atom is -0.493 e. The van der Waals surface area contributed by atoms with Gasteiger partial charge in [0.1, 0.15) is 6.54 Å². The van der Waals surface area contributed by atoms with Crippen molar-refractivity contribution in [2.24, 2.45) is 4.99 Å². The van der Waals surface area contributed by atoms with Crippen LogP contribution in [0.4, 0.5) is 5.69 Å². The molecule has 0 atom stereocenters. The third-order valence-corrected chi connectivity index (χ3v) is 5.53. The molecule has 0 unspecified atom stereocenters. The summed E-state index contributed by atoms with van der Waals surface area (Å²) in [7, 11) is 3.01. The van der Waals surface area contributed by atoms with Gasteiger partial charge in [0.25, 0.3) is 11.6 Å². The zero-order chi connectivity index (χ0) is 24.0. The zero-order valence-electron chi connectivity index (χ0n) is 18.1. The molecular formula is C22H21N3O7S. The van der Waals surface area contributed by atoms with E-state index in [1.807, 2.05) is 0 Å². The summed E-state index contributed by atoms with van der Waals surface area (Å²) < 4.78 is 18.0. The van der Waals surface area contributed by atoms with Crippen LogP contribution in [-0.4, -0.2) is 42.2 Å². The second kappa shape index (κ2) is 10.6. The van der Waals surface area contributed by atoms with Crippen molar-refractivity contribution in [1.82, 2.24) is 4.57 Å². The summed E-state index contributed by atoms with van der Waals surface area (Å²) in [5.74, 6) is -0.112. The number of hydrogen-bond donors (Lipinski definition) is 0. The van der Waals surface area contributed by atoms with Gasteiger partial charge in [-0.2, -0.15) is 4.99 Å². The van der Waals surface area contributed by atoms with Gasteiger partial charge in [-0.1, -0.05) is 23.5 Å². The summed E-state index contributed by atoms with van der Waals surface area (Å²) in [5, 5.41) is 10.9. The number of esters is 1. The van der Waals surface area contributed by atoms with Crippen molar-refractivity contribution in [2.75, 3.05) is 20.8 Å². The van der Waals surface area contributed by atoms with E-state index >= 15 is 0 Å². The number of thiazole rings is 1. The average molecular weight is 471 g/mol. The molecule has 1 aromatic heterocycles. The molecule has 0 bridgehead atoms. The van der Waals surface area contributed by atoms with Crippen molar-refractivity contribution >= 4 is 45.2 Å². The first-order valence-electron chi connectivity index (χ1n) is 9.78. The zero-order valence-corrected chi connectivity index (χ0v) is 19.0. The van der Waals surface area contributed by atoms with Crippen molar-refractivity contribution in [3.63, 3.8) is 0 Å². The van der Waals surface area contributed by atoms with Crippen LogP contribution in [0.5, 0.6) is 11.5 Å². The minimum atomic E-state index is -0.593. The maximum absolute atomic E-state index is 12.5. The van der Waals surface area contributed by atoms with Gasteiger partial charge in [-0.05, 0) is 18.6 Å². The Hall–Kier alpha value is -3.99. The molecule has 2 aromatic carbocycles. The highest BCUT2D eigenvalue weighted by atomic mass is 32.1. The number of amides is 1. The number of rotatable bonds is 8. The molecule has 0 aliphatic heterocycles. The summed E-state index contributed by atoms with van der Waals surface area (Å²) in [6.45, 7) is 1.77. The Kier molecular flexibility index (Phi) is 7.57. The number of hydrogen-bond acceptors (Lipinski definition) is 8. The number of ether oxygens (including phenoxy) is 3. The van der Waals surface area contributed by atoms with Gasteiger partial charge in [0.05, 0.1) is 36.0 Å². The Labute approximate surface area is 192 Å². The normalized spacial score (nSPS) is 11.7. The lowest BCUT2D eigenvalue weighted by molar-refractivity contribution is -0.384. The van der Waals surface area contributed by atoms with Crippen LogP contribution in [0, 0.1) is 10.1 Å². The minimum absolute atomic E-state index is 0.0822. The van der Waals surface area contributed by atoms with Gasteiger partial charge in [0, 0.05) is 30.3 Å². The van der Waals surface area contributed by atoms with E-state index in [2.05, 4.69) is 4.99 Å². The van der Waals surface area contributed by atoms with Crippen LogP contribution < -0.4 is 14.3 Å². The lowest BCUT2D eigenvalue weighted by Crippen LogP contribution is -2.22. The molecule has 0 N–H and O–H groups in total. The van der Waals surface area contributed by atoms with Crippen molar-refractivity contribution in [3.8, 4) is 11.5 Å². The number of aromatic nitrogens is 1. The van der Waals surface area contributed by atoms with E-state index < -0.39 is 16.8 Å². The first-order chi connectivity index (χ1) is 15.9. The Morgan fingerprint density at radius 3 is 2.58 bits per heavy atom. The van der Waals surface area contributed by atoms with Crippen LogP contribution in [0.1, 0.15) is 12.5 Å². The molecule has 11 heteroatoms. The summed E-state index contributed by atoms with van der Waals surface area (Å²) in [5.41, 5.74) is 1.03. The van der Waals surface area contributed by atoms with E-state index in [0.717, 1.165) is 4.70 Å². The molecule has 172 valence electrons. The van der Waals surface area contributed by atoms with Crippen LogP contribution in [0.3, 0.4) is 0 Å². The molecule has 10 nitrogen and oxygen atoms in total. The first kappa shape index (κ1) is 23.7. The SMILES string of the molecule is CCOC(=O)Cn1c(=NC(=O)/C=C/c2cccc([N+](=O)[O-])c2)sc2cc(OC)c(OC)cc21. The van der Waals surface area contributed by atoms with Gasteiger partial charge >= 0.3 is 5.97 Å². The van der Waals surface area contributed by atoms with Crippen molar-refractivity contribution < 1.29 is 28.7 Å². The van der Waals surface area contributed by atoms with Gasteiger partial charge in [0.2, 0.25) is 0 Å². The summed E-state index contributed by atoms with van der Waals surface area (Å²) in [4.78, 5) is 39.5. The third-order valence-electron chi connectivity index (χ3n) is 4.49. The van der Waals surface area contributed by atoms with E-state index in [1.165, 1.54) is 55.9 Å².